The first-order valence-corrected chi connectivity index (χ1v) is 7.16. The van der Waals surface area contributed by atoms with Gasteiger partial charge in [-0.1, -0.05) is 11.8 Å². The highest BCUT2D eigenvalue weighted by molar-refractivity contribution is 7.98. The van der Waals surface area contributed by atoms with Crippen LogP contribution in [0.2, 0.25) is 0 Å². The maximum Gasteiger partial charge on any atom is 0.341 e. The molecule has 0 atom stereocenters. The van der Waals surface area contributed by atoms with Gasteiger partial charge in [0, 0.05) is 6.20 Å². The van der Waals surface area contributed by atoms with Crippen LogP contribution in [0.5, 0.6) is 0 Å². The number of carboxylic acids is 1. The van der Waals surface area contributed by atoms with E-state index >= 15 is 0 Å². The lowest BCUT2D eigenvalue weighted by Gasteiger charge is -2.04. The van der Waals surface area contributed by atoms with Crippen molar-refractivity contribution in [1.82, 2.24) is 4.98 Å². The van der Waals surface area contributed by atoms with Gasteiger partial charge in [-0.15, -0.1) is 0 Å². The number of furan rings is 1. The Hall–Kier alpha value is -2.28. The molecule has 110 valence electrons. The fourth-order valence-electron chi connectivity index (χ4n) is 1.65. The topological polar surface area (TPSA) is 89.6 Å². The van der Waals surface area contributed by atoms with Gasteiger partial charge in [0.2, 0.25) is 0 Å². The van der Waals surface area contributed by atoms with Crippen LogP contribution in [0.25, 0.3) is 0 Å². The Morgan fingerprint density at radius 2 is 2.19 bits per heavy atom. The third kappa shape index (κ3) is 3.63. The third-order valence-electron chi connectivity index (χ3n) is 2.58. The van der Waals surface area contributed by atoms with Crippen LogP contribution in [0.4, 0.5) is 0 Å². The fourth-order valence-corrected chi connectivity index (χ4v) is 2.58. The summed E-state index contributed by atoms with van der Waals surface area (Å²) in [7, 11) is 0. The van der Waals surface area contributed by atoms with Gasteiger partial charge in [-0.05, 0) is 25.1 Å². The molecule has 0 fully saturated rings. The number of thioether (sulfide) groups is 1. The van der Waals surface area contributed by atoms with Crippen LogP contribution in [-0.2, 0) is 10.5 Å². The van der Waals surface area contributed by atoms with E-state index in [1.54, 1.807) is 13.0 Å². The summed E-state index contributed by atoms with van der Waals surface area (Å²) in [4.78, 5) is 26.8. The zero-order valence-corrected chi connectivity index (χ0v) is 12.1. The molecule has 0 aliphatic carbocycles. The summed E-state index contributed by atoms with van der Waals surface area (Å²) >= 11 is 1.19. The van der Waals surface area contributed by atoms with E-state index in [0.29, 0.717) is 22.1 Å². The van der Waals surface area contributed by atoms with Crippen LogP contribution in [0.1, 0.15) is 33.4 Å². The van der Waals surface area contributed by atoms with Crippen LogP contribution in [0, 0.1) is 0 Å². The number of esters is 1. The molecule has 7 heteroatoms. The van der Waals surface area contributed by atoms with Gasteiger partial charge < -0.3 is 14.3 Å². The maximum atomic E-state index is 11.7. The molecule has 21 heavy (non-hydrogen) atoms. The minimum atomic E-state index is -1.05. The molecule has 2 rings (SSSR count). The lowest BCUT2D eigenvalue weighted by molar-refractivity contribution is 0.0523. The number of pyridine rings is 1. The molecule has 0 bridgehead atoms. The molecule has 2 heterocycles. The fraction of sp³-hybridized carbons (Fsp3) is 0.214. The SMILES string of the molecule is CCOC(=O)c1ccoc1CSc1ncccc1C(=O)O. The number of carbonyl (C=O) groups is 2. The minimum Gasteiger partial charge on any atom is -0.478 e. The highest BCUT2D eigenvalue weighted by Gasteiger charge is 2.17. The quantitative estimate of drug-likeness (QED) is 0.648. The number of aromatic nitrogens is 1. The lowest BCUT2D eigenvalue weighted by atomic mass is 10.3. The number of nitrogens with zero attached hydrogens (tertiary/aromatic N) is 1. The number of hydrogen-bond acceptors (Lipinski definition) is 6. The van der Waals surface area contributed by atoms with E-state index in [2.05, 4.69) is 4.98 Å². The first-order valence-electron chi connectivity index (χ1n) is 6.18. The Labute approximate surface area is 125 Å². The molecule has 0 saturated carbocycles. The van der Waals surface area contributed by atoms with E-state index in [1.807, 2.05) is 0 Å². The summed E-state index contributed by atoms with van der Waals surface area (Å²) in [6.07, 6.45) is 2.92. The van der Waals surface area contributed by atoms with Crippen molar-refractivity contribution < 1.29 is 23.8 Å². The number of aromatic carboxylic acids is 1. The van der Waals surface area contributed by atoms with Gasteiger partial charge in [0.1, 0.15) is 16.3 Å². The van der Waals surface area contributed by atoms with Gasteiger partial charge in [-0.2, -0.15) is 0 Å². The zero-order chi connectivity index (χ0) is 15.2. The molecule has 0 aliphatic heterocycles. The van der Waals surface area contributed by atoms with Crippen molar-refractivity contribution >= 4 is 23.7 Å². The summed E-state index contributed by atoms with van der Waals surface area (Å²) in [6.45, 7) is 2.00. The van der Waals surface area contributed by atoms with E-state index in [1.165, 1.54) is 36.4 Å². The van der Waals surface area contributed by atoms with Crippen molar-refractivity contribution in [3.63, 3.8) is 0 Å². The summed E-state index contributed by atoms with van der Waals surface area (Å²) < 4.78 is 10.2. The van der Waals surface area contributed by atoms with E-state index < -0.39 is 11.9 Å². The van der Waals surface area contributed by atoms with Crippen molar-refractivity contribution in [2.45, 2.75) is 17.7 Å². The van der Waals surface area contributed by atoms with Crippen LogP contribution in [-0.4, -0.2) is 28.6 Å². The Kier molecular flexibility index (Phi) is 4.99. The highest BCUT2D eigenvalue weighted by Crippen LogP contribution is 2.26. The first kappa shape index (κ1) is 15.1. The molecule has 0 amide bonds. The van der Waals surface area contributed by atoms with Crippen molar-refractivity contribution in [1.29, 1.82) is 0 Å². The summed E-state index contributed by atoms with van der Waals surface area (Å²) in [6, 6.07) is 4.57. The molecule has 6 nitrogen and oxygen atoms in total. The van der Waals surface area contributed by atoms with Gasteiger partial charge in [-0.25, -0.2) is 14.6 Å². The first-order chi connectivity index (χ1) is 10.1. The van der Waals surface area contributed by atoms with Crippen LogP contribution in [0.15, 0.2) is 40.1 Å². The largest absolute Gasteiger partial charge is 0.478 e. The molecule has 0 aromatic carbocycles. The van der Waals surface area contributed by atoms with Gasteiger partial charge in [0.15, 0.2) is 0 Å². The van der Waals surface area contributed by atoms with Crippen molar-refractivity contribution in [2.75, 3.05) is 6.61 Å². The average molecular weight is 307 g/mol. The smallest absolute Gasteiger partial charge is 0.341 e. The molecular weight excluding hydrogens is 294 g/mol. The third-order valence-corrected chi connectivity index (χ3v) is 3.59. The number of hydrogen-bond donors (Lipinski definition) is 1. The number of carboxylic acid groups (broad SMARTS) is 1. The lowest BCUT2D eigenvalue weighted by Crippen LogP contribution is -2.06. The summed E-state index contributed by atoms with van der Waals surface area (Å²) in [5.41, 5.74) is 0.462. The Balaban J connectivity index is 2.13. The van der Waals surface area contributed by atoms with Crippen molar-refractivity contribution in [3.05, 3.63) is 47.5 Å². The Morgan fingerprint density at radius 1 is 1.38 bits per heavy atom. The van der Waals surface area contributed by atoms with E-state index in [0.717, 1.165) is 0 Å². The molecule has 0 radical (unpaired) electrons. The number of rotatable bonds is 6. The molecule has 1 N–H and O–H groups in total. The van der Waals surface area contributed by atoms with Crippen LogP contribution >= 0.6 is 11.8 Å². The second-order valence-corrected chi connectivity index (χ2v) is 4.89. The van der Waals surface area contributed by atoms with Gasteiger partial charge >= 0.3 is 11.9 Å². The maximum absolute atomic E-state index is 11.7. The molecule has 0 aliphatic rings. The second kappa shape index (κ2) is 6.94. The van der Waals surface area contributed by atoms with Crippen LogP contribution in [0.3, 0.4) is 0 Å². The minimum absolute atomic E-state index is 0.117. The number of ether oxygens (including phenoxy) is 1. The zero-order valence-electron chi connectivity index (χ0n) is 11.2. The normalized spacial score (nSPS) is 10.3. The second-order valence-electron chi connectivity index (χ2n) is 3.93. The van der Waals surface area contributed by atoms with Crippen molar-refractivity contribution in [2.24, 2.45) is 0 Å². The predicted molar refractivity (Wildman–Crippen MR) is 75.4 cm³/mol. The van der Waals surface area contributed by atoms with E-state index in [4.69, 9.17) is 14.3 Å². The van der Waals surface area contributed by atoms with Gasteiger partial charge in [0.25, 0.3) is 0 Å². The summed E-state index contributed by atoms with van der Waals surface area (Å²) in [5.74, 6) is -0.782. The average Bonchev–Trinajstić information content (AvgIpc) is 2.94. The summed E-state index contributed by atoms with van der Waals surface area (Å²) in [5, 5.41) is 9.46. The molecular formula is C14H13NO5S. The van der Waals surface area contributed by atoms with E-state index in [-0.39, 0.29) is 12.2 Å². The standard InChI is InChI=1S/C14H13NO5S/c1-2-19-14(18)9-5-7-20-11(9)8-21-12-10(13(16)17)4-3-6-15-12/h3-7H,2,8H2,1H3,(H,16,17). The van der Waals surface area contributed by atoms with Crippen LogP contribution < -0.4 is 0 Å². The molecule has 0 unspecified atom stereocenters. The van der Waals surface area contributed by atoms with E-state index in [9.17, 15) is 9.59 Å². The van der Waals surface area contributed by atoms with Gasteiger partial charge in [0.05, 0.1) is 24.2 Å². The van der Waals surface area contributed by atoms with Crippen molar-refractivity contribution in [3.8, 4) is 0 Å². The monoisotopic (exact) mass is 307 g/mol. The predicted octanol–water partition coefficient (Wildman–Crippen LogP) is 2.84. The molecule has 2 aromatic rings. The Morgan fingerprint density at radius 3 is 2.90 bits per heavy atom. The Bertz CT molecular complexity index is 652. The molecule has 2 aromatic heterocycles. The highest BCUT2D eigenvalue weighted by atomic mass is 32.2. The molecule has 0 spiro atoms. The molecule has 0 saturated heterocycles. The van der Waals surface area contributed by atoms with Gasteiger partial charge in [-0.3, -0.25) is 0 Å². The number of carbonyl (C=O) groups excluding carboxylic acids is 1.